The van der Waals surface area contributed by atoms with Gasteiger partial charge in [0.15, 0.2) is 0 Å². The van der Waals surface area contributed by atoms with Crippen LogP contribution in [-0.2, 0) is 0 Å². The number of aryl methyl sites for hydroxylation is 1. The van der Waals surface area contributed by atoms with Gasteiger partial charge in [-0.3, -0.25) is 14.8 Å². The topological polar surface area (TPSA) is 80.9 Å². The first-order valence-corrected chi connectivity index (χ1v) is 6.01. The SMILES string of the molecule is Cc1cc(C(N)=O)ccc1NC(C)c1cnccn1. The highest BCUT2D eigenvalue weighted by Crippen LogP contribution is 2.21. The van der Waals surface area contributed by atoms with E-state index in [2.05, 4.69) is 15.3 Å². The molecule has 0 aliphatic rings. The highest BCUT2D eigenvalue weighted by atomic mass is 16.1. The van der Waals surface area contributed by atoms with Crippen molar-refractivity contribution in [3.05, 3.63) is 53.6 Å². The van der Waals surface area contributed by atoms with Gasteiger partial charge in [0.1, 0.15) is 0 Å². The second-order valence-electron chi connectivity index (χ2n) is 4.39. The van der Waals surface area contributed by atoms with Crippen LogP contribution in [0.2, 0.25) is 0 Å². The largest absolute Gasteiger partial charge is 0.377 e. The summed E-state index contributed by atoms with van der Waals surface area (Å²) in [6, 6.07) is 5.36. The molecule has 0 aliphatic heterocycles. The maximum atomic E-state index is 11.1. The average Bonchev–Trinajstić information content (AvgIpc) is 2.41. The molecule has 5 heteroatoms. The zero-order chi connectivity index (χ0) is 13.8. The molecule has 5 nitrogen and oxygen atoms in total. The molecule has 1 atom stereocenters. The van der Waals surface area contributed by atoms with Gasteiger partial charge in [-0.1, -0.05) is 0 Å². The van der Waals surface area contributed by atoms with Crippen molar-refractivity contribution in [3.8, 4) is 0 Å². The number of nitrogens with one attached hydrogen (secondary N) is 1. The number of nitrogens with zero attached hydrogens (tertiary/aromatic N) is 2. The normalized spacial score (nSPS) is 11.9. The van der Waals surface area contributed by atoms with E-state index in [0.29, 0.717) is 5.56 Å². The molecule has 0 fully saturated rings. The van der Waals surface area contributed by atoms with Crippen molar-refractivity contribution in [3.63, 3.8) is 0 Å². The number of primary amides is 1. The standard InChI is InChI=1S/C14H16N4O/c1-9-7-11(14(15)19)3-4-12(9)18-10(2)13-8-16-5-6-17-13/h3-8,10,18H,1-2H3,(H2,15,19). The molecular weight excluding hydrogens is 240 g/mol. The first-order valence-electron chi connectivity index (χ1n) is 6.01. The number of aromatic nitrogens is 2. The summed E-state index contributed by atoms with van der Waals surface area (Å²) in [5, 5.41) is 3.34. The maximum absolute atomic E-state index is 11.1. The smallest absolute Gasteiger partial charge is 0.248 e. The van der Waals surface area contributed by atoms with E-state index in [0.717, 1.165) is 16.9 Å². The highest BCUT2D eigenvalue weighted by Gasteiger charge is 2.09. The summed E-state index contributed by atoms with van der Waals surface area (Å²) in [7, 11) is 0. The lowest BCUT2D eigenvalue weighted by molar-refractivity contribution is 0.1000. The molecule has 0 radical (unpaired) electrons. The summed E-state index contributed by atoms with van der Waals surface area (Å²) in [5.74, 6) is -0.420. The maximum Gasteiger partial charge on any atom is 0.248 e. The molecule has 3 N–H and O–H groups in total. The van der Waals surface area contributed by atoms with Crippen LogP contribution in [0.4, 0.5) is 5.69 Å². The molecule has 98 valence electrons. The Morgan fingerprint density at radius 3 is 2.74 bits per heavy atom. The van der Waals surface area contributed by atoms with E-state index >= 15 is 0 Å². The number of nitrogens with two attached hydrogens (primary N) is 1. The van der Waals surface area contributed by atoms with Crippen LogP contribution in [0.15, 0.2) is 36.8 Å². The molecule has 2 aromatic rings. The third-order valence-electron chi connectivity index (χ3n) is 2.91. The van der Waals surface area contributed by atoms with Crippen LogP contribution in [0.3, 0.4) is 0 Å². The average molecular weight is 256 g/mol. The molecule has 1 unspecified atom stereocenters. The summed E-state index contributed by atoms with van der Waals surface area (Å²) < 4.78 is 0. The van der Waals surface area contributed by atoms with E-state index < -0.39 is 5.91 Å². The number of carbonyl (C=O) groups excluding carboxylic acids is 1. The quantitative estimate of drug-likeness (QED) is 0.877. The summed E-state index contributed by atoms with van der Waals surface area (Å²) >= 11 is 0. The number of hydrogen-bond acceptors (Lipinski definition) is 4. The number of benzene rings is 1. The number of amides is 1. The van der Waals surface area contributed by atoms with Crippen LogP contribution in [-0.4, -0.2) is 15.9 Å². The van der Waals surface area contributed by atoms with Crippen molar-refractivity contribution < 1.29 is 4.79 Å². The van der Waals surface area contributed by atoms with Crippen molar-refractivity contribution in [2.24, 2.45) is 5.73 Å². The summed E-state index contributed by atoms with van der Waals surface area (Å²) in [6.07, 6.45) is 5.03. The minimum absolute atomic E-state index is 0.0341. The molecule has 0 saturated heterocycles. The lowest BCUT2D eigenvalue weighted by Crippen LogP contribution is -2.13. The molecule has 1 aromatic carbocycles. The lowest BCUT2D eigenvalue weighted by atomic mass is 10.1. The Bertz CT molecular complexity index is 583. The van der Waals surface area contributed by atoms with Gasteiger partial charge in [0.25, 0.3) is 0 Å². The molecule has 0 aliphatic carbocycles. The van der Waals surface area contributed by atoms with Crippen molar-refractivity contribution in [2.45, 2.75) is 19.9 Å². The second-order valence-corrected chi connectivity index (χ2v) is 4.39. The molecular formula is C14H16N4O. The molecule has 0 bridgehead atoms. The van der Waals surface area contributed by atoms with Gasteiger partial charge in [-0.2, -0.15) is 0 Å². The van der Waals surface area contributed by atoms with Gasteiger partial charge in [-0.25, -0.2) is 0 Å². The van der Waals surface area contributed by atoms with Crippen molar-refractivity contribution in [1.29, 1.82) is 0 Å². The summed E-state index contributed by atoms with van der Waals surface area (Å²) in [5.41, 5.74) is 8.53. The van der Waals surface area contributed by atoms with Crippen LogP contribution >= 0.6 is 0 Å². The zero-order valence-electron chi connectivity index (χ0n) is 10.9. The third-order valence-corrected chi connectivity index (χ3v) is 2.91. The Morgan fingerprint density at radius 1 is 1.37 bits per heavy atom. The number of anilines is 1. The monoisotopic (exact) mass is 256 g/mol. The second kappa shape index (κ2) is 5.48. The molecule has 1 amide bonds. The zero-order valence-corrected chi connectivity index (χ0v) is 10.9. The molecule has 1 heterocycles. The Balaban J connectivity index is 2.18. The molecule has 1 aromatic heterocycles. The first-order chi connectivity index (χ1) is 9.08. The number of rotatable bonds is 4. The molecule has 19 heavy (non-hydrogen) atoms. The summed E-state index contributed by atoms with van der Waals surface area (Å²) in [6.45, 7) is 3.93. The van der Waals surface area contributed by atoms with Crippen LogP contribution in [0.25, 0.3) is 0 Å². The van der Waals surface area contributed by atoms with E-state index in [1.807, 2.05) is 19.9 Å². The predicted octanol–water partition coefficient (Wildman–Crippen LogP) is 2.06. The van der Waals surface area contributed by atoms with Gasteiger partial charge in [0, 0.05) is 23.6 Å². The van der Waals surface area contributed by atoms with Crippen LogP contribution in [0, 0.1) is 6.92 Å². The van der Waals surface area contributed by atoms with Crippen LogP contribution < -0.4 is 11.1 Å². The predicted molar refractivity (Wildman–Crippen MR) is 73.8 cm³/mol. The van der Waals surface area contributed by atoms with Gasteiger partial charge in [-0.15, -0.1) is 0 Å². The summed E-state index contributed by atoms with van der Waals surface area (Å²) in [4.78, 5) is 19.4. The van der Waals surface area contributed by atoms with E-state index in [1.165, 1.54) is 0 Å². The first kappa shape index (κ1) is 13.0. The van der Waals surface area contributed by atoms with Crippen molar-refractivity contribution in [1.82, 2.24) is 9.97 Å². The van der Waals surface area contributed by atoms with Crippen LogP contribution in [0.5, 0.6) is 0 Å². The van der Waals surface area contributed by atoms with Gasteiger partial charge in [0.05, 0.1) is 17.9 Å². The van der Waals surface area contributed by atoms with Crippen molar-refractivity contribution in [2.75, 3.05) is 5.32 Å². The Morgan fingerprint density at radius 2 is 2.16 bits per heavy atom. The fraction of sp³-hybridized carbons (Fsp3) is 0.214. The van der Waals surface area contributed by atoms with Crippen molar-refractivity contribution >= 4 is 11.6 Å². The molecule has 0 saturated carbocycles. The number of hydrogen-bond donors (Lipinski definition) is 2. The van der Waals surface area contributed by atoms with E-state index in [9.17, 15) is 4.79 Å². The van der Waals surface area contributed by atoms with E-state index in [1.54, 1.807) is 30.7 Å². The van der Waals surface area contributed by atoms with Gasteiger partial charge in [-0.05, 0) is 37.6 Å². The number of carbonyl (C=O) groups is 1. The fourth-order valence-corrected chi connectivity index (χ4v) is 1.82. The highest BCUT2D eigenvalue weighted by molar-refractivity contribution is 5.93. The fourth-order valence-electron chi connectivity index (χ4n) is 1.82. The van der Waals surface area contributed by atoms with E-state index in [-0.39, 0.29) is 6.04 Å². The van der Waals surface area contributed by atoms with E-state index in [4.69, 9.17) is 5.73 Å². The van der Waals surface area contributed by atoms with Gasteiger partial charge >= 0.3 is 0 Å². The lowest BCUT2D eigenvalue weighted by Gasteiger charge is -2.16. The Hall–Kier alpha value is -2.43. The molecule has 2 rings (SSSR count). The third kappa shape index (κ3) is 3.07. The molecule has 0 spiro atoms. The minimum Gasteiger partial charge on any atom is -0.377 e. The van der Waals surface area contributed by atoms with Crippen LogP contribution in [0.1, 0.15) is 34.6 Å². The minimum atomic E-state index is -0.420. The van der Waals surface area contributed by atoms with Gasteiger partial charge in [0.2, 0.25) is 5.91 Å². The van der Waals surface area contributed by atoms with Gasteiger partial charge < -0.3 is 11.1 Å². The Kier molecular flexibility index (Phi) is 3.75. The Labute approximate surface area is 111 Å².